The standard InChI is InChI=1S/C16H13ClFO/c1-2-11-19-16-13(9-6-10-14(16)18)15(17)12-7-4-3-5-8-12/h2-7,9-10,15H,1,11H2. The summed E-state index contributed by atoms with van der Waals surface area (Å²) in [6, 6.07) is 15.1. The summed E-state index contributed by atoms with van der Waals surface area (Å²) in [6.45, 7) is 3.78. The van der Waals surface area contributed by atoms with Crippen molar-refractivity contribution in [3.05, 3.63) is 78.1 Å². The summed E-state index contributed by atoms with van der Waals surface area (Å²) in [5, 5.41) is -0.503. The molecule has 0 amide bonds. The zero-order valence-corrected chi connectivity index (χ0v) is 11.0. The van der Waals surface area contributed by atoms with Crippen LogP contribution in [-0.4, -0.2) is 6.61 Å². The van der Waals surface area contributed by atoms with E-state index in [2.05, 4.69) is 12.6 Å². The summed E-state index contributed by atoms with van der Waals surface area (Å²) in [6.07, 6.45) is 1.56. The quantitative estimate of drug-likeness (QED) is 0.576. The Morgan fingerprint density at radius 1 is 1.32 bits per heavy atom. The minimum absolute atomic E-state index is 0.166. The van der Waals surface area contributed by atoms with E-state index in [4.69, 9.17) is 16.3 Å². The predicted octanol–water partition coefficient (Wildman–Crippen LogP) is 4.52. The van der Waals surface area contributed by atoms with Crippen molar-refractivity contribution in [3.8, 4) is 5.75 Å². The van der Waals surface area contributed by atoms with E-state index in [1.165, 1.54) is 6.07 Å². The lowest BCUT2D eigenvalue weighted by molar-refractivity contribution is 0.338. The number of benzene rings is 2. The molecule has 2 aromatic carbocycles. The van der Waals surface area contributed by atoms with Gasteiger partial charge in [-0.15, -0.1) is 11.6 Å². The zero-order chi connectivity index (χ0) is 13.7. The second kappa shape index (κ2) is 6.39. The molecule has 1 radical (unpaired) electrons. The molecule has 2 rings (SSSR count). The van der Waals surface area contributed by atoms with Gasteiger partial charge < -0.3 is 4.74 Å². The molecule has 1 atom stereocenters. The minimum atomic E-state index is -0.503. The molecule has 0 aromatic heterocycles. The molecule has 0 saturated carbocycles. The van der Waals surface area contributed by atoms with Gasteiger partial charge in [-0.3, -0.25) is 0 Å². The molecule has 0 aliphatic heterocycles. The molecule has 0 N–H and O–H groups in total. The van der Waals surface area contributed by atoms with Gasteiger partial charge in [0.2, 0.25) is 0 Å². The minimum Gasteiger partial charge on any atom is -0.486 e. The highest BCUT2D eigenvalue weighted by molar-refractivity contribution is 6.22. The SMILES string of the molecule is C=CCOc1c(F)cccc1C(Cl)c1[c]cccc1. The van der Waals surface area contributed by atoms with Gasteiger partial charge in [0.15, 0.2) is 11.6 Å². The Labute approximate surface area is 117 Å². The van der Waals surface area contributed by atoms with Gasteiger partial charge in [0.1, 0.15) is 6.61 Å². The fraction of sp³-hybridized carbons (Fsp3) is 0.125. The number of ether oxygens (including phenoxy) is 1. The smallest absolute Gasteiger partial charge is 0.165 e. The van der Waals surface area contributed by atoms with Crippen LogP contribution in [0.5, 0.6) is 5.75 Å². The van der Waals surface area contributed by atoms with E-state index in [1.54, 1.807) is 24.3 Å². The molecule has 97 valence electrons. The maximum absolute atomic E-state index is 13.8. The Kier molecular flexibility index (Phi) is 4.58. The number of rotatable bonds is 5. The first-order valence-corrected chi connectivity index (χ1v) is 6.30. The highest BCUT2D eigenvalue weighted by atomic mass is 35.5. The first kappa shape index (κ1) is 13.6. The highest BCUT2D eigenvalue weighted by Crippen LogP contribution is 2.36. The normalized spacial score (nSPS) is 11.9. The Balaban J connectivity index is 2.38. The summed E-state index contributed by atoms with van der Waals surface area (Å²) in [5.74, 6) is -0.263. The van der Waals surface area contributed by atoms with Gasteiger partial charge in [-0.2, -0.15) is 0 Å². The van der Waals surface area contributed by atoms with Crippen molar-refractivity contribution in [1.29, 1.82) is 0 Å². The largest absolute Gasteiger partial charge is 0.486 e. The molecule has 0 heterocycles. The van der Waals surface area contributed by atoms with Crippen LogP contribution in [-0.2, 0) is 0 Å². The Morgan fingerprint density at radius 2 is 2.16 bits per heavy atom. The molecule has 1 nitrogen and oxygen atoms in total. The van der Waals surface area contributed by atoms with E-state index in [9.17, 15) is 4.39 Å². The third kappa shape index (κ3) is 3.15. The lowest BCUT2D eigenvalue weighted by Gasteiger charge is -2.15. The molecule has 0 aliphatic rings. The van der Waals surface area contributed by atoms with Crippen molar-refractivity contribution < 1.29 is 9.13 Å². The molecule has 0 bridgehead atoms. The first-order chi connectivity index (χ1) is 9.24. The van der Waals surface area contributed by atoms with Crippen molar-refractivity contribution in [2.75, 3.05) is 6.61 Å². The van der Waals surface area contributed by atoms with Crippen LogP contribution in [0.2, 0.25) is 0 Å². The number of hydrogen-bond acceptors (Lipinski definition) is 1. The van der Waals surface area contributed by atoms with Gasteiger partial charge in [0, 0.05) is 5.56 Å². The molecule has 0 saturated heterocycles. The lowest BCUT2D eigenvalue weighted by atomic mass is 10.0. The van der Waals surface area contributed by atoms with Crippen LogP contribution >= 0.6 is 11.6 Å². The molecule has 0 spiro atoms. The topological polar surface area (TPSA) is 9.23 Å². The summed E-state index contributed by atoms with van der Waals surface area (Å²) >= 11 is 6.38. The molecule has 3 heteroatoms. The highest BCUT2D eigenvalue weighted by Gasteiger charge is 2.18. The second-order valence-corrected chi connectivity index (χ2v) is 4.37. The van der Waals surface area contributed by atoms with Crippen LogP contribution < -0.4 is 4.74 Å². The Morgan fingerprint density at radius 3 is 2.84 bits per heavy atom. The molecular weight excluding hydrogens is 263 g/mol. The summed E-state index contributed by atoms with van der Waals surface area (Å²) in [7, 11) is 0. The third-order valence-electron chi connectivity index (χ3n) is 2.62. The number of halogens is 2. The van der Waals surface area contributed by atoms with E-state index < -0.39 is 11.2 Å². The van der Waals surface area contributed by atoms with E-state index in [-0.39, 0.29) is 12.4 Å². The van der Waals surface area contributed by atoms with Crippen LogP contribution in [0.25, 0.3) is 0 Å². The molecule has 0 aliphatic carbocycles. The maximum atomic E-state index is 13.8. The Bertz CT molecular complexity index is 554. The monoisotopic (exact) mass is 275 g/mol. The van der Waals surface area contributed by atoms with Crippen LogP contribution in [0.3, 0.4) is 0 Å². The summed E-state index contributed by atoms with van der Waals surface area (Å²) in [4.78, 5) is 0. The molecule has 2 aromatic rings. The summed E-state index contributed by atoms with van der Waals surface area (Å²) < 4.78 is 19.2. The molecule has 19 heavy (non-hydrogen) atoms. The van der Waals surface area contributed by atoms with Gasteiger partial charge in [-0.25, -0.2) is 4.39 Å². The average Bonchev–Trinajstić information content (AvgIpc) is 2.46. The molecule has 0 fully saturated rings. The van der Waals surface area contributed by atoms with E-state index in [1.807, 2.05) is 18.2 Å². The van der Waals surface area contributed by atoms with E-state index in [0.29, 0.717) is 5.56 Å². The molecule has 1 unspecified atom stereocenters. The first-order valence-electron chi connectivity index (χ1n) is 5.87. The van der Waals surface area contributed by atoms with E-state index >= 15 is 0 Å². The van der Waals surface area contributed by atoms with Crippen LogP contribution in [0, 0.1) is 11.9 Å². The molecular formula is C16H13ClFO. The maximum Gasteiger partial charge on any atom is 0.165 e. The van der Waals surface area contributed by atoms with Crippen LogP contribution in [0.15, 0.2) is 55.1 Å². The van der Waals surface area contributed by atoms with Gasteiger partial charge in [0.25, 0.3) is 0 Å². The van der Waals surface area contributed by atoms with Crippen molar-refractivity contribution >= 4 is 11.6 Å². The average molecular weight is 276 g/mol. The van der Waals surface area contributed by atoms with Crippen LogP contribution in [0.1, 0.15) is 16.5 Å². The van der Waals surface area contributed by atoms with Crippen molar-refractivity contribution in [1.82, 2.24) is 0 Å². The van der Waals surface area contributed by atoms with E-state index in [0.717, 1.165) is 5.56 Å². The fourth-order valence-corrected chi connectivity index (χ4v) is 2.06. The van der Waals surface area contributed by atoms with Gasteiger partial charge in [-0.1, -0.05) is 49.1 Å². The number of alkyl halides is 1. The van der Waals surface area contributed by atoms with Gasteiger partial charge >= 0.3 is 0 Å². The van der Waals surface area contributed by atoms with Gasteiger partial charge in [-0.05, 0) is 17.7 Å². The zero-order valence-electron chi connectivity index (χ0n) is 10.3. The fourth-order valence-electron chi connectivity index (χ4n) is 1.75. The third-order valence-corrected chi connectivity index (χ3v) is 3.09. The van der Waals surface area contributed by atoms with Crippen molar-refractivity contribution in [3.63, 3.8) is 0 Å². The van der Waals surface area contributed by atoms with Crippen LogP contribution in [0.4, 0.5) is 4.39 Å². The number of hydrogen-bond donors (Lipinski definition) is 0. The second-order valence-electron chi connectivity index (χ2n) is 3.94. The summed E-state index contributed by atoms with van der Waals surface area (Å²) in [5.41, 5.74) is 1.36. The number of para-hydroxylation sites is 1. The Hall–Kier alpha value is -1.80. The van der Waals surface area contributed by atoms with Crippen molar-refractivity contribution in [2.24, 2.45) is 0 Å². The predicted molar refractivity (Wildman–Crippen MR) is 75.1 cm³/mol. The van der Waals surface area contributed by atoms with Crippen molar-refractivity contribution in [2.45, 2.75) is 5.38 Å². The van der Waals surface area contributed by atoms with Gasteiger partial charge in [0.05, 0.1) is 5.38 Å². The lowest BCUT2D eigenvalue weighted by Crippen LogP contribution is -2.03.